The fraction of sp³-hybridized carbons (Fsp3) is 0.389. The molecule has 1 saturated heterocycles. The zero-order valence-electron chi connectivity index (χ0n) is 13.4. The molecule has 0 radical (unpaired) electrons. The second-order valence-electron chi connectivity index (χ2n) is 5.90. The molecule has 1 aliphatic heterocycles. The number of halogens is 1. The lowest BCUT2D eigenvalue weighted by molar-refractivity contribution is -0.129. The van der Waals surface area contributed by atoms with E-state index in [4.69, 9.17) is 11.6 Å². The van der Waals surface area contributed by atoms with Crippen LogP contribution in [-0.4, -0.2) is 39.6 Å². The van der Waals surface area contributed by atoms with Gasteiger partial charge in [0.25, 0.3) is 0 Å². The molecular weight excluding hydrogens is 342 g/mol. The SMILES string of the molecule is O=C(CSCc1ccccc1Cl)N1CCCC(c2ccncn2)C1. The van der Waals surface area contributed by atoms with Crippen LogP contribution in [0.3, 0.4) is 0 Å². The van der Waals surface area contributed by atoms with Crippen molar-refractivity contribution in [1.29, 1.82) is 0 Å². The molecule has 2 heterocycles. The van der Waals surface area contributed by atoms with Crippen LogP contribution in [0.15, 0.2) is 42.9 Å². The van der Waals surface area contributed by atoms with E-state index in [2.05, 4.69) is 9.97 Å². The first-order chi connectivity index (χ1) is 11.7. The Kier molecular flexibility index (Phi) is 6.10. The van der Waals surface area contributed by atoms with Crippen LogP contribution in [-0.2, 0) is 10.5 Å². The van der Waals surface area contributed by atoms with E-state index in [0.29, 0.717) is 11.7 Å². The van der Waals surface area contributed by atoms with Gasteiger partial charge in [-0.2, -0.15) is 0 Å². The third-order valence-corrected chi connectivity index (χ3v) is 5.57. The molecule has 1 atom stereocenters. The average Bonchev–Trinajstić information content (AvgIpc) is 2.64. The molecule has 0 saturated carbocycles. The van der Waals surface area contributed by atoms with Gasteiger partial charge in [-0.25, -0.2) is 9.97 Å². The smallest absolute Gasteiger partial charge is 0.232 e. The van der Waals surface area contributed by atoms with Gasteiger partial charge in [-0.15, -0.1) is 11.8 Å². The number of carbonyl (C=O) groups is 1. The second-order valence-corrected chi connectivity index (χ2v) is 7.29. The fourth-order valence-electron chi connectivity index (χ4n) is 2.94. The summed E-state index contributed by atoms with van der Waals surface area (Å²) < 4.78 is 0. The Balaban J connectivity index is 1.50. The van der Waals surface area contributed by atoms with Crippen molar-refractivity contribution < 1.29 is 4.79 Å². The average molecular weight is 362 g/mol. The molecule has 1 unspecified atom stereocenters. The van der Waals surface area contributed by atoms with Crippen LogP contribution < -0.4 is 0 Å². The summed E-state index contributed by atoms with van der Waals surface area (Å²) in [5.41, 5.74) is 2.11. The van der Waals surface area contributed by atoms with Crippen LogP contribution in [0.4, 0.5) is 0 Å². The van der Waals surface area contributed by atoms with Crippen molar-refractivity contribution in [3.05, 3.63) is 59.1 Å². The van der Waals surface area contributed by atoms with Gasteiger partial charge in [0.2, 0.25) is 5.91 Å². The van der Waals surface area contributed by atoms with Crippen molar-refractivity contribution in [2.45, 2.75) is 24.5 Å². The van der Waals surface area contributed by atoms with Gasteiger partial charge in [-0.05, 0) is 30.5 Å². The predicted octanol–water partition coefficient (Wildman–Crippen LogP) is 3.77. The van der Waals surface area contributed by atoms with E-state index in [9.17, 15) is 4.79 Å². The summed E-state index contributed by atoms with van der Waals surface area (Å²) in [7, 11) is 0. The monoisotopic (exact) mass is 361 g/mol. The highest BCUT2D eigenvalue weighted by Crippen LogP contribution is 2.26. The van der Waals surface area contributed by atoms with Gasteiger partial charge in [0, 0.05) is 41.7 Å². The Morgan fingerprint density at radius 2 is 2.21 bits per heavy atom. The molecule has 1 aliphatic rings. The number of thioether (sulfide) groups is 1. The number of amides is 1. The molecule has 0 spiro atoms. The minimum atomic E-state index is 0.200. The van der Waals surface area contributed by atoms with Gasteiger partial charge in [0.05, 0.1) is 5.75 Å². The normalized spacial score (nSPS) is 17.7. The van der Waals surface area contributed by atoms with Crippen molar-refractivity contribution in [1.82, 2.24) is 14.9 Å². The zero-order chi connectivity index (χ0) is 16.8. The minimum absolute atomic E-state index is 0.200. The summed E-state index contributed by atoms with van der Waals surface area (Å²) in [4.78, 5) is 22.8. The van der Waals surface area contributed by atoms with Crippen molar-refractivity contribution >= 4 is 29.3 Å². The zero-order valence-corrected chi connectivity index (χ0v) is 15.0. The highest BCUT2D eigenvalue weighted by Gasteiger charge is 2.25. The van der Waals surface area contributed by atoms with Gasteiger partial charge in [-0.3, -0.25) is 4.79 Å². The van der Waals surface area contributed by atoms with E-state index >= 15 is 0 Å². The fourth-order valence-corrected chi connectivity index (χ4v) is 4.16. The summed E-state index contributed by atoms with van der Waals surface area (Å²) in [6.45, 7) is 1.59. The third-order valence-electron chi connectivity index (χ3n) is 4.24. The Bertz CT molecular complexity index is 683. The summed E-state index contributed by atoms with van der Waals surface area (Å²) in [6.07, 6.45) is 5.45. The first kappa shape index (κ1) is 17.2. The van der Waals surface area contributed by atoms with Crippen molar-refractivity contribution in [2.75, 3.05) is 18.8 Å². The number of piperidine rings is 1. The lowest BCUT2D eigenvalue weighted by Gasteiger charge is -2.32. The van der Waals surface area contributed by atoms with E-state index in [1.165, 1.54) is 0 Å². The molecule has 0 N–H and O–H groups in total. The van der Waals surface area contributed by atoms with E-state index in [-0.39, 0.29) is 5.91 Å². The van der Waals surface area contributed by atoms with Crippen LogP contribution in [0.1, 0.15) is 30.0 Å². The summed E-state index contributed by atoms with van der Waals surface area (Å²) in [5, 5.41) is 0.763. The van der Waals surface area contributed by atoms with Gasteiger partial charge >= 0.3 is 0 Å². The van der Waals surface area contributed by atoms with Gasteiger partial charge in [0.15, 0.2) is 0 Å². The number of hydrogen-bond acceptors (Lipinski definition) is 4. The number of rotatable bonds is 5. The van der Waals surface area contributed by atoms with Crippen LogP contribution in [0.2, 0.25) is 5.02 Å². The highest BCUT2D eigenvalue weighted by atomic mass is 35.5. The number of hydrogen-bond donors (Lipinski definition) is 0. The lowest BCUT2D eigenvalue weighted by Crippen LogP contribution is -2.40. The van der Waals surface area contributed by atoms with Crippen molar-refractivity contribution in [2.24, 2.45) is 0 Å². The minimum Gasteiger partial charge on any atom is -0.341 e. The topological polar surface area (TPSA) is 46.1 Å². The summed E-state index contributed by atoms with van der Waals surface area (Å²) in [5.74, 6) is 1.76. The van der Waals surface area contributed by atoms with Crippen LogP contribution in [0.25, 0.3) is 0 Å². The molecule has 24 heavy (non-hydrogen) atoms. The molecule has 2 aromatic rings. The van der Waals surface area contributed by atoms with E-state index < -0.39 is 0 Å². The number of carbonyl (C=O) groups excluding carboxylic acids is 1. The van der Waals surface area contributed by atoms with Crippen molar-refractivity contribution in [3.63, 3.8) is 0 Å². The molecule has 1 aromatic heterocycles. The molecule has 0 bridgehead atoms. The maximum absolute atomic E-state index is 12.5. The quantitative estimate of drug-likeness (QED) is 0.813. The predicted molar refractivity (Wildman–Crippen MR) is 98.2 cm³/mol. The maximum Gasteiger partial charge on any atom is 0.232 e. The number of aromatic nitrogens is 2. The number of nitrogens with zero attached hydrogens (tertiary/aromatic N) is 3. The Morgan fingerprint density at radius 1 is 1.33 bits per heavy atom. The molecular formula is C18H20ClN3OS. The molecule has 3 rings (SSSR count). The Morgan fingerprint density at radius 3 is 3.00 bits per heavy atom. The number of likely N-dealkylation sites (tertiary alicyclic amines) is 1. The van der Waals surface area contributed by atoms with Gasteiger partial charge < -0.3 is 4.90 Å². The maximum atomic E-state index is 12.5. The van der Waals surface area contributed by atoms with E-state index in [0.717, 1.165) is 48.0 Å². The molecule has 6 heteroatoms. The number of benzene rings is 1. The first-order valence-electron chi connectivity index (χ1n) is 8.09. The van der Waals surface area contributed by atoms with E-state index in [1.54, 1.807) is 24.3 Å². The van der Waals surface area contributed by atoms with Crippen molar-refractivity contribution in [3.8, 4) is 0 Å². The standard InChI is InChI=1S/C18H20ClN3OS/c19-16-6-2-1-4-15(16)11-24-12-18(23)22-9-3-5-14(10-22)17-7-8-20-13-21-17/h1-2,4,6-8,13-14H,3,5,9-12H2. The Hall–Kier alpha value is -1.59. The summed E-state index contributed by atoms with van der Waals surface area (Å²) in [6, 6.07) is 9.73. The molecule has 126 valence electrons. The lowest BCUT2D eigenvalue weighted by atomic mass is 9.94. The largest absolute Gasteiger partial charge is 0.341 e. The van der Waals surface area contributed by atoms with Crippen LogP contribution in [0.5, 0.6) is 0 Å². The molecule has 1 amide bonds. The van der Waals surface area contributed by atoms with Gasteiger partial charge in [0.1, 0.15) is 6.33 Å². The van der Waals surface area contributed by atoms with Gasteiger partial charge in [-0.1, -0.05) is 29.8 Å². The molecule has 1 aromatic carbocycles. The summed E-state index contributed by atoms with van der Waals surface area (Å²) >= 11 is 7.77. The Labute approximate surface area is 151 Å². The third kappa shape index (κ3) is 4.48. The van der Waals surface area contributed by atoms with Crippen LogP contribution >= 0.6 is 23.4 Å². The molecule has 0 aliphatic carbocycles. The van der Waals surface area contributed by atoms with Crippen LogP contribution in [0, 0.1) is 0 Å². The molecule has 4 nitrogen and oxygen atoms in total. The first-order valence-corrected chi connectivity index (χ1v) is 9.62. The highest BCUT2D eigenvalue weighted by molar-refractivity contribution is 7.99. The second kappa shape index (κ2) is 8.49. The molecule has 1 fully saturated rings. The van der Waals surface area contributed by atoms with E-state index in [1.807, 2.05) is 35.2 Å².